The predicted molar refractivity (Wildman–Crippen MR) is 82.1 cm³/mol. The number of hydrogen-bond donors (Lipinski definition) is 3. The minimum absolute atomic E-state index is 0.596. The Labute approximate surface area is 120 Å². The monoisotopic (exact) mass is 286 g/mol. The van der Waals surface area contributed by atoms with E-state index in [0.29, 0.717) is 11.6 Å². The number of rotatable bonds is 4. The quantitative estimate of drug-likeness (QED) is 0.505. The van der Waals surface area contributed by atoms with Gasteiger partial charge < -0.3 is 10.7 Å². The van der Waals surface area contributed by atoms with Crippen LogP contribution in [0.25, 0.3) is 10.2 Å². The standard InChI is InChI=1S/C13H14N6S/c1-2-11-17-12(6-13(18-11)19-14)16-8-3-4-9-10(5-8)20-7-15-9/h3-7H,2,14H2,1H3,(H2,16,17,18,19). The van der Waals surface area contributed by atoms with Crippen molar-refractivity contribution >= 4 is 38.9 Å². The van der Waals surface area contributed by atoms with Crippen LogP contribution in [0, 0.1) is 0 Å². The van der Waals surface area contributed by atoms with Crippen molar-refractivity contribution in [1.82, 2.24) is 15.0 Å². The molecule has 0 saturated heterocycles. The molecule has 0 saturated carbocycles. The number of nitrogens with two attached hydrogens (primary N) is 1. The van der Waals surface area contributed by atoms with Crippen molar-refractivity contribution in [2.75, 3.05) is 10.7 Å². The van der Waals surface area contributed by atoms with Gasteiger partial charge in [0.15, 0.2) is 0 Å². The first-order chi connectivity index (χ1) is 9.78. The van der Waals surface area contributed by atoms with Gasteiger partial charge in [-0.25, -0.2) is 20.8 Å². The SMILES string of the molecule is CCc1nc(NN)cc(Nc2ccc3ncsc3c2)n1. The first-order valence-corrected chi connectivity index (χ1v) is 7.11. The summed E-state index contributed by atoms with van der Waals surface area (Å²) in [4.78, 5) is 13.0. The van der Waals surface area contributed by atoms with Gasteiger partial charge in [-0.05, 0) is 18.2 Å². The summed E-state index contributed by atoms with van der Waals surface area (Å²) in [6, 6.07) is 7.79. The average molecular weight is 286 g/mol. The van der Waals surface area contributed by atoms with E-state index in [4.69, 9.17) is 5.84 Å². The summed E-state index contributed by atoms with van der Waals surface area (Å²) in [6.07, 6.45) is 0.748. The minimum Gasteiger partial charge on any atom is -0.340 e. The largest absolute Gasteiger partial charge is 0.340 e. The Morgan fingerprint density at radius 3 is 2.85 bits per heavy atom. The van der Waals surface area contributed by atoms with Gasteiger partial charge in [0.05, 0.1) is 15.7 Å². The van der Waals surface area contributed by atoms with Crippen molar-refractivity contribution in [3.63, 3.8) is 0 Å². The molecule has 0 amide bonds. The molecule has 0 bridgehead atoms. The highest BCUT2D eigenvalue weighted by Gasteiger charge is 2.04. The molecule has 0 fully saturated rings. The Morgan fingerprint density at radius 2 is 2.05 bits per heavy atom. The summed E-state index contributed by atoms with van der Waals surface area (Å²) in [5, 5.41) is 3.27. The molecule has 2 heterocycles. The van der Waals surface area contributed by atoms with Gasteiger partial charge in [-0.15, -0.1) is 11.3 Å². The number of anilines is 3. The van der Waals surface area contributed by atoms with Crippen molar-refractivity contribution in [3.8, 4) is 0 Å². The third-order valence-corrected chi connectivity index (χ3v) is 3.63. The number of nitrogens with zero attached hydrogens (tertiary/aromatic N) is 3. The zero-order chi connectivity index (χ0) is 13.9. The molecule has 102 valence electrons. The van der Waals surface area contributed by atoms with E-state index in [1.807, 2.05) is 24.6 Å². The van der Waals surface area contributed by atoms with Crippen LogP contribution in [0.1, 0.15) is 12.7 Å². The molecular weight excluding hydrogens is 272 g/mol. The lowest BCUT2D eigenvalue weighted by Crippen LogP contribution is -2.11. The molecule has 0 aliphatic rings. The number of hydrazine groups is 1. The molecule has 0 unspecified atom stereocenters. The van der Waals surface area contributed by atoms with Gasteiger partial charge in [-0.3, -0.25) is 0 Å². The van der Waals surface area contributed by atoms with Crippen molar-refractivity contribution in [3.05, 3.63) is 35.6 Å². The van der Waals surface area contributed by atoms with Crippen LogP contribution >= 0.6 is 11.3 Å². The van der Waals surface area contributed by atoms with Gasteiger partial charge in [-0.1, -0.05) is 6.92 Å². The molecule has 3 rings (SSSR count). The van der Waals surface area contributed by atoms with Crippen LogP contribution in [0.2, 0.25) is 0 Å². The molecule has 0 atom stereocenters. The highest BCUT2D eigenvalue weighted by atomic mass is 32.1. The van der Waals surface area contributed by atoms with Crippen LogP contribution in [0.3, 0.4) is 0 Å². The number of nitrogens with one attached hydrogen (secondary N) is 2. The topological polar surface area (TPSA) is 88.8 Å². The van der Waals surface area contributed by atoms with E-state index in [1.165, 1.54) is 0 Å². The summed E-state index contributed by atoms with van der Waals surface area (Å²) in [5.74, 6) is 7.47. The Hall–Kier alpha value is -2.25. The zero-order valence-electron chi connectivity index (χ0n) is 10.9. The number of thiazole rings is 1. The first-order valence-electron chi connectivity index (χ1n) is 6.23. The minimum atomic E-state index is 0.596. The maximum Gasteiger partial charge on any atom is 0.145 e. The van der Waals surface area contributed by atoms with Gasteiger partial charge in [0.25, 0.3) is 0 Å². The lowest BCUT2D eigenvalue weighted by atomic mass is 10.3. The molecule has 0 aliphatic carbocycles. The summed E-state index contributed by atoms with van der Waals surface area (Å²) in [7, 11) is 0. The van der Waals surface area contributed by atoms with E-state index >= 15 is 0 Å². The smallest absolute Gasteiger partial charge is 0.145 e. The molecule has 2 aromatic heterocycles. The highest BCUT2D eigenvalue weighted by Crippen LogP contribution is 2.24. The fourth-order valence-electron chi connectivity index (χ4n) is 1.87. The molecule has 1 aromatic carbocycles. The predicted octanol–water partition coefficient (Wildman–Crippen LogP) is 2.68. The van der Waals surface area contributed by atoms with Crippen LogP contribution in [-0.4, -0.2) is 15.0 Å². The van der Waals surface area contributed by atoms with Crippen LogP contribution in [-0.2, 0) is 6.42 Å². The molecule has 0 spiro atoms. The molecule has 6 nitrogen and oxygen atoms in total. The molecular formula is C13H14N6S. The number of hydrogen-bond acceptors (Lipinski definition) is 7. The molecule has 3 aromatic rings. The Balaban J connectivity index is 1.92. The molecule has 4 N–H and O–H groups in total. The Kier molecular flexibility index (Phi) is 3.44. The van der Waals surface area contributed by atoms with Crippen molar-refractivity contribution in [2.45, 2.75) is 13.3 Å². The zero-order valence-corrected chi connectivity index (χ0v) is 11.7. The summed E-state index contributed by atoms with van der Waals surface area (Å²) in [6.45, 7) is 2.00. The maximum absolute atomic E-state index is 5.42. The van der Waals surface area contributed by atoms with E-state index in [9.17, 15) is 0 Å². The van der Waals surface area contributed by atoms with Gasteiger partial charge in [0.2, 0.25) is 0 Å². The second-order valence-corrected chi connectivity index (χ2v) is 5.10. The molecule has 0 aliphatic heterocycles. The third-order valence-electron chi connectivity index (χ3n) is 2.84. The van der Waals surface area contributed by atoms with E-state index in [-0.39, 0.29) is 0 Å². The van der Waals surface area contributed by atoms with Crippen LogP contribution in [0.15, 0.2) is 29.8 Å². The van der Waals surface area contributed by atoms with Crippen LogP contribution < -0.4 is 16.6 Å². The normalized spacial score (nSPS) is 10.7. The molecule has 7 heteroatoms. The number of benzene rings is 1. The fraction of sp³-hybridized carbons (Fsp3) is 0.154. The number of fused-ring (bicyclic) bond motifs is 1. The molecule has 20 heavy (non-hydrogen) atoms. The Morgan fingerprint density at radius 1 is 1.20 bits per heavy atom. The maximum atomic E-state index is 5.42. The molecule has 0 radical (unpaired) electrons. The fourth-order valence-corrected chi connectivity index (χ4v) is 2.59. The van der Waals surface area contributed by atoms with E-state index < -0.39 is 0 Å². The summed E-state index contributed by atoms with van der Waals surface area (Å²) >= 11 is 1.61. The Bertz CT molecular complexity index is 716. The third kappa shape index (κ3) is 2.54. The van der Waals surface area contributed by atoms with E-state index in [0.717, 1.165) is 28.1 Å². The second kappa shape index (κ2) is 5.40. The highest BCUT2D eigenvalue weighted by molar-refractivity contribution is 7.16. The number of aromatic nitrogens is 3. The van der Waals surface area contributed by atoms with Crippen LogP contribution in [0.4, 0.5) is 17.3 Å². The average Bonchev–Trinajstić information content (AvgIpc) is 2.94. The van der Waals surface area contributed by atoms with E-state index in [2.05, 4.69) is 31.8 Å². The first kappa shape index (κ1) is 12.8. The van der Waals surface area contributed by atoms with Gasteiger partial charge in [-0.2, -0.15) is 0 Å². The van der Waals surface area contributed by atoms with Gasteiger partial charge in [0, 0.05) is 18.2 Å². The number of aryl methyl sites for hydroxylation is 1. The van der Waals surface area contributed by atoms with Crippen LogP contribution in [0.5, 0.6) is 0 Å². The van der Waals surface area contributed by atoms with Crippen molar-refractivity contribution in [1.29, 1.82) is 0 Å². The summed E-state index contributed by atoms with van der Waals surface area (Å²) < 4.78 is 1.14. The van der Waals surface area contributed by atoms with Gasteiger partial charge >= 0.3 is 0 Å². The second-order valence-electron chi connectivity index (χ2n) is 4.21. The van der Waals surface area contributed by atoms with Gasteiger partial charge in [0.1, 0.15) is 17.5 Å². The van der Waals surface area contributed by atoms with E-state index in [1.54, 1.807) is 17.4 Å². The summed E-state index contributed by atoms with van der Waals surface area (Å²) in [5.41, 5.74) is 6.36. The number of nitrogen functional groups attached to an aromatic ring is 1. The van der Waals surface area contributed by atoms with Crippen molar-refractivity contribution < 1.29 is 0 Å². The van der Waals surface area contributed by atoms with Crippen molar-refractivity contribution in [2.24, 2.45) is 5.84 Å². The lowest BCUT2D eigenvalue weighted by Gasteiger charge is -2.09. The lowest BCUT2D eigenvalue weighted by molar-refractivity contribution is 0.941.